The second-order valence-corrected chi connectivity index (χ2v) is 8.30. The first kappa shape index (κ1) is 19.3. The van der Waals surface area contributed by atoms with Gasteiger partial charge in [0, 0.05) is 29.8 Å². The van der Waals surface area contributed by atoms with Gasteiger partial charge >= 0.3 is 0 Å². The number of ether oxygens (including phenoxy) is 3. The van der Waals surface area contributed by atoms with E-state index in [1.54, 1.807) is 12.4 Å². The molecule has 0 saturated heterocycles. The zero-order chi connectivity index (χ0) is 20.3. The smallest absolute Gasteiger partial charge is 0.231 e. The van der Waals surface area contributed by atoms with Gasteiger partial charge in [0.25, 0.3) is 0 Å². The van der Waals surface area contributed by atoms with Crippen LogP contribution in [0.4, 0.5) is 0 Å². The van der Waals surface area contributed by atoms with Crippen molar-refractivity contribution in [2.45, 2.75) is 36.8 Å². The third kappa shape index (κ3) is 4.28. The summed E-state index contributed by atoms with van der Waals surface area (Å²) < 4.78 is 18.5. The molecule has 3 heterocycles. The Bertz CT molecular complexity index is 1010. The molecule has 1 fully saturated rings. The topological polar surface area (TPSA) is 91.5 Å². The number of rotatable bonds is 9. The van der Waals surface area contributed by atoms with Gasteiger partial charge in [-0.25, -0.2) is 0 Å². The first-order valence-corrected chi connectivity index (χ1v) is 10.9. The molecule has 1 N–H and O–H groups in total. The number of aliphatic hydroxyl groups excluding tert-OH is 1. The van der Waals surface area contributed by atoms with Crippen molar-refractivity contribution in [2.24, 2.45) is 0 Å². The zero-order valence-electron chi connectivity index (χ0n) is 16.3. The number of fused-ring (bicyclic) bond motifs is 1. The fraction of sp³-hybridized carbons (Fsp3) is 0.381. The largest absolute Gasteiger partial charge is 0.454 e. The summed E-state index contributed by atoms with van der Waals surface area (Å²) in [6.45, 7) is 0.903. The Balaban J connectivity index is 1.15. The normalized spacial score (nSPS) is 16.0. The predicted octanol–water partition coefficient (Wildman–Crippen LogP) is 3.07. The lowest BCUT2D eigenvalue weighted by molar-refractivity contribution is 0.0397. The van der Waals surface area contributed by atoms with E-state index >= 15 is 0 Å². The Hall–Kier alpha value is -2.62. The number of nitrogens with zero attached hydrogens (tertiary/aromatic N) is 4. The van der Waals surface area contributed by atoms with Crippen LogP contribution in [0.15, 0.2) is 47.9 Å². The molecule has 0 spiro atoms. The van der Waals surface area contributed by atoms with Crippen molar-refractivity contribution in [3.8, 4) is 22.9 Å². The molecule has 2 aromatic heterocycles. The molecule has 0 radical (unpaired) electrons. The van der Waals surface area contributed by atoms with E-state index in [1.807, 2.05) is 30.3 Å². The van der Waals surface area contributed by atoms with Crippen LogP contribution in [-0.4, -0.2) is 50.1 Å². The molecule has 1 aromatic carbocycles. The second-order valence-electron chi connectivity index (χ2n) is 7.32. The summed E-state index contributed by atoms with van der Waals surface area (Å²) in [5, 5.41) is 19.9. The van der Waals surface area contributed by atoms with Crippen LogP contribution < -0.4 is 9.47 Å². The van der Waals surface area contributed by atoms with Crippen LogP contribution in [-0.2, 0) is 11.3 Å². The van der Waals surface area contributed by atoms with Crippen LogP contribution >= 0.6 is 11.8 Å². The number of aromatic nitrogens is 4. The maximum atomic E-state index is 10.4. The van der Waals surface area contributed by atoms with Crippen molar-refractivity contribution < 1.29 is 19.3 Å². The van der Waals surface area contributed by atoms with E-state index < -0.39 is 6.10 Å². The van der Waals surface area contributed by atoms with Crippen LogP contribution in [0.25, 0.3) is 11.4 Å². The standard InChI is InChI=1S/C21H22N4O4S/c26-17(11-27-10-14-3-6-18-19(8-14)29-13-28-18)12-30-21-24-23-20(25(21)16-4-5-16)15-2-1-7-22-9-15/h1-3,6-9,16-17,26H,4-5,10-13H2. The SMILES string of the molecule is OC(COCc1ccc2c(c1)OCO2)CSc1nnc(-c2cccnc2)n1C1CC1. The van der Waals surface area contributed by atoms with Gasteiger partial charge in [-0.15, -0.1) is 10.2 Å². The second kappa shape index (κ2) is 8.63. The molecule has 0 amide bonds. The molecule has 8 nitrogen and oxygen atoms in total. The third-order valence-corrected chi connectivity index (χ3v) is 6.01. The summed E-state index contributed by atoms with van der Waals surface area (Å²) >= 11 is 1.50. The van der Waals surface area contributed by atoms with E-state index in [0.717, 1.165) is 46.4 Å². The number of hydrogen-bond acceptors (Lipinski definition) is 8. The highest BCUT2D eigenvalue weighted by Gasteiger charge is 2.30. The van der Waals surface area contributed by atoms with Gasteiger partial charge in [-0.3, -0.25) is 9.55 Å². The molecule has 1 aliphatic heterocycles. The molecule has 156 valence electrons. The Morgan fingerprint density at radius 3 is 2.93 bits per heavy atom. The van der Waals surface area contributed by atoms with E-state index in [0.29, 0.717) is 18.4 Å². The van der Waals surface area contributed by atoms with Crippen molar-refractivity contribution >= 4 is 11.8 Å². The number of thioether (sulfide) groups is 1. The number of aliphatic hydroxyl groups is 1. The highest BCUT2D eigenvalue weighted by Crippen LogP contribution is 2.41. The van der Waals surface area contributed by atoms with Gasteiger partial charge in [-0.1, -0.05) is 17.8 Å². The lowest BCUT2D eigenvalue weighted by atomic mass is 10.2. The first-order valence-electron chi connectivity index (χ1n) is 9.90. The maximum absolute atomic E-state index is 10.4. The molecule has 2 aliphatic rings. The number of hydrogen-bond donors (Lipinski definition) is 1. The van der Waals surface area contributed by atoms with Gasteiger partial charge in [-0.2, -0.15) is 0 Å². The minimum absolute atomic E-state index is 0.245. The maximum Gasteiger partial charge on any atom is 0.231 e. The monoisotopic (exact) mass is 426 g/mol. The average molecular weight is 426 g/mol. The summed E-state index contributed by atoms with van der Waals surface area (Å²) in [5.74, 6) is 2.80. The summed E-state index contributed by atoms with van der Waals surface area (Å²) in [5.41, 5.74) is 1.94. The Labute approximate surface area is 178 Å². The average Bonchev–Trinajstić information content (AvgIpc) is 3.34. The van der Waals surface area contributed by atoms with E-state index in [-0.39, 0.29) is 13.4 Å². The zero-order valence-corrected chi connectivity index (χ0v) is 17.1. The Kier molecular flexibility index (Phi) is 5.56. The van der Waals surface area contributed by atoms with E-state index in [9.17, 15) is 5.11 Å². The highest BCUT2D eigenvalue weighted by molar-refractivity contribution is 7.99. The molecular formula is C21H22N4O4S. The fourth-order valence-corrected chi connectivity index (χ4v) is 4.20. The van der Waals surface area contributed by atoms with Crippen LogP contribution in [0.1, 0.15) is 24.4 Å². The molecule has 9 heteroatoms. The minimum atomic E-state index is -0.602. The summed E-state index contributed by atoms with van der Waals surface area (Å²) in [6, 6.07) is 10.0. The van der Waals surface area contributed by atoms with Gasteiger partial charge in [0.1, 0.15) is 0 Å². The Morgan fingerprint density at radius 1 is 1.20 bits per heavy atom. The van der Waals surface area contributed by atoms with Gasteiger partial charge in [0.05, 0.1) is 19.3 Å². The molecule has 0 bridgehead atoms. The predicted molar refractivity (Wildman–Crippen MR) is 110 cm³/mol. The molecule has 30 heavy (non-hydrogen) atoms. The van der Waals surface area contributed by atoms with Gasteiger partial charge in [0.15, 0.2) is 22.5 Å². The van der Waals surface area contributed by atoms with E-state index in [2.05, 4.69) is 19.7 Å². The van der Waals surface area contributed by atoms with Crippen molar-refractivity contribution in [1.29, 1.82) is 0 Å². The van der Waals surface area contributed by atoms with Gasteiger partial charge in [-0.05, 0) is 42.7 Å². The summed E-state index contributed by atoms with van der Waals surface area (Å²) in [4.78, 5) is 4.18. The summed E-state index contributed by atoms with van der Waals surface area (Å²) in [6.07, 6.45) is 5.20. The van der Waals surface area contributed by atoms with Crippen molar-refractivity contribution in [1.82, 2.24) is 19.7 Å². The van der Waals surface area contributed by atoms with Crippen LogP contribution in [0, 0.1) is 0 Å². The van der Waals surface area contributed by atoms with Crippen LogP contribution in [0.5, 0.6) is 11.5 Å². The lowest BCUT2D eigenvalue weighted by Crippen LogP contribution is -2.18. The minimum Gasteiger partial charge on any atom is -0.454 e. The highest BCUT2D eigenvalue weighted by atomic mass is 32.2. The van der Waals surface area contributed by atoms with Crippen LogP contribution in [0.3, 0.4) is 0 Å². The van der Waals surface area contributed by atoms with Crippen LogP contribution in [0.2, 0.25) is 0 Å². The molecule has 3 aromatic rings. The lowest BCUT2D eigenvalue weighted by Gasteiger charge is -2.12. The molecular weight excluding hydrogens is 404 g/mol. The first-order chi connectivity index (χ1) is 14.8. The summed E-state index contributed by atoms with van der Waals surface area (Å²) in [7, 11) is 0. The number of benzene rings is 1. The fourth-order valence-electron chi connectivity index (χ4n) is 3.29. The molecule has 1 unspecified atom stereocenters. The van der Waals surface area contributed by atoms with Crippen molar-refractivity contribution in [3.63, 3.8) is 0 Å². The van der Waals surface area contributed by atoms with Gasteiger partial charge in [0.2, 0.25) is 6.79 Å². The third-order valence-electron chi connectivity index (χ3n) is 4.92. The van der Waals surface area contributed by atoms with Gasteiger partial charge < -0.3 is 19.3 Å². The molecule has 1 aliphatic carbocycles. The Morgan fingerprint density at radius 2 is 2.10 bits per heavy atom. The van der Waals surface area contributed by atoms with Crippen molar-refractivity contribution in [3.05, 3.63) is 48.3 Å². The van der Waals surface area contributed by atoms with E-state index in [1.165, 1.54) is 11.8 Å². The molecule has 1 atom stereocenters. The number of pyridine rings is 1. The molecule has 1 saturated carbocycles. The van der Waals surface area contributed by atoms with Crippen molar-refractivity contribution in [2.75, 3.05) is 19.2 Å². The van der Waals surface area contributed by atoms with E-state index in [4.69, 9.17) is 14.2 Å². The molecule has 5 rings (SSSR count). The quantitative estimate of drug-likeness (QED) is 0.522.